The lowest BCUT2D eigenvalue weighted by atomic mass is 9.87. The number of hydrogen-bond acceptors (Lipinski definition) is 3. The molecule has 120 valence electrons. The number of nitrogens with one attached hydrogen (secondary N) is 3. The molecular weight excluding hydrogens is 286 g/mol. The van der Waals surface area contributed by atoms with Crippen LogP contribution < -0.4 is 16.0 Å². The summed E-state index contributed by atoms with van der Waals surface area (Å²) >= 11 is 0. The number of carbonyl (C=O) groups is 1. The van der Waals surface area contributed by atoms with Gasteiger partial charge in [0.25, 0.3) is 0 Å². The van der Waals surface area contributed by atoms with Gasteiger partial charge >= 0.3 is 0 Å². The maximum atomic E-state index is 12.6. The van der Waals surface area contributed by atoms with Crippen molar-refractivity contribution in [1.82, 2.24) is 10.6 Å². The summed E-state index contributed by atoms with van der Waals surface area (Å²) in [5.74, 6) is 0.0594. The van der Waals surface area contributed by atoms with Crippen LogP contribution in [0.2, 0.25) is 0 Å². The van der Waals surface area contributed by atoms with Crippen molar-refractivity contribution in [3.05, 3.63) is 66.2 Å². The number of benzene rings is 2. The van der Waals surface area contributed by atoms with Crippen LogP contribution in [0.1, 0.15) is 31.4 Å². The average molecular weight is 309 g/mol. The molecule has 1 amide bonds. The molecule has 1 fully saturated rings. The van der Waals surface area contributed by atoms with Crippen LogP contribution in [0.3, 0.4) is 0 Å². The minimum absolute atomic E-state index is 0.0195. The third-order valence-electron chi connectivity index (χ3n) is 4.22. The first-order chi connectivity index (χ1) is 11.3. The number of hydrogen-bond donors (Lipinski definition) is 3. The molecule has 1 heterocycles. The second-order valence-corrected chi connectivity index (χ2v) is 5.90. The highest BCUT2D eigenvalue weighted by Crippen LogP contribution is 2.29. The Morgan fingerprint density at radius 3 is 2.30 bits per heavy atom. The Balaban J connectivity index is 1.80. The van der Waals surface area contributed by atoms with E-state index in [4.69, 9.17) is 0 Å². The van der Waals surface area contributed by atoms with E-state index in [2.05, 4.69) is 35.0 Å². The molecule has 3 atom stereocenters. The highest BCUT2D eigenvalue weighted by atomic mass is 16.2. The lowest BCUT2D eigenvalue weighted by Crippen LogP contribution is -2.60. The Hall–Kier alpha value is -2.33. The normalized spacial score (nSPS) is 24.0. The van der Waals surface area contributed by atoms with Gasteiger partial charge in [0.2, 0.25) is 5.91 Å². The maximum absolute atomic E-state index is 12.6. The Labute approximate surface area is 137 Å². The van der Waals surface area contributed by atoms with Crippen molar-refractivity contribution < 1.29 is 4.79 Å². The summed E-state index contributed by atoms with van der Waals surface area (Å²) in [7, 11) is 0. The fraction of sp³-hybridized carbons (Fsp3) is 0.316. The minimum atomic E-state index is -0.275. The van der Waals surface area contributed by atoms with Crippen molar-refractivity contribution in [2.45, 2.75) is 32.1 Å². The summed E-state index contributed by atoms with van der Waals surface area (Å²) in [5.41, 5.74) is 2.13. The summed E-state index contributed by atoms with van der Waals surface area (Å²) in [6.45, 7) is 2.11. The van der Waals surface area contributed by atoms with Gasteiger partial charge in [-0.2, -0.15) is 0 Å². The number of rotatable bonds is 5. The van der Waals surface area contributed by atoms with E-state index >= 15 is 0 Å². The smallest absolute Gasteiger partial charge is 0.227 e. The molecule has 4 nitrogen and oxygen atoms in total. The Morgan fingerprint density at radius 1 is 1.00 bits per heavy atom. The molecule has 0 spiro atoms. The van der Waals surface area contributed by atoms with Crippen molar-refractivity contribution in [3.63, 3.8) is 0 Å². The molecule has 1 aliphatic rings. The van der Waals surface area contributed by atoms with E-state index in [0.29, 0.717) is 0 Å². The van der Waals surface area contributed by atoms with Gasteiger partial charge in [-0.05, 0) is 24.1 Å². The molecule has 2 aromatic carbocycles. The predicted molar refractivity (Wildman–Crippen MR) is 92.7 cm³/mol. The zero-order valence-corrected chi connectivity index (χ0v) is 13.3. The van der Waals surface area contributed by atoms with E-state index in [1.54, 1.807) is 0 Å². The van der Waals surface area contributed by atoms with Gasteiger partial charge in [0.15, 0.2) is 6.29 Å². The maximum Gasteiger partial charge on any atom is 0.227 e. The Bertz CT molecular complexity index is 630. The average Bonchev–Trinajstić information content (AvgIpc) is 2.59. The molecule has 0 aliphatic carbocycles. The quantitative estimate of drug-likeness (QED) is 0.794. The molecule has 0 saturated carbocycles. The van der Waals surface area contributed by atoms with Crippen LogP contribution in [0.15, 0.2) is 60.7 Å². The summed E-state index contributed by atoms with van der Waals surface area (Å²) < 4.78 is 0. The summed E-state index contributed by atoms with van der Waals surface area (Å²) in [6, 6.07) is 20.1. The van der Waals surface area contributed by atoms with Crippen LogP contribution in [-0.4, -0.2) is 12.2 Å². The second-order valence-electron chi connectivity index (χ2n) is 5.90. The first kappa shape index (κ1) is 15.6. The van der Waals surface area contributed by atoms with Gasteiger partial charge < -0.3 is 10.6 Å². The largest absolute Gasteiger partial charge is 0.353 e. The molecule has 1 saturated heterocycles. The third kappa shape index (κ3) is 3.71. The van der Waals surface area contributed by atoms with E-state index in [-0.39, 0.29) is 24.2 Å². The zero-order chi connectivity index (χ0) is 16.1. The van der Waals surface area contributed by atoms with Gasteiger partial charge in [0.05, 0.1) is 5.92 Å². The molecule has 2 aromatic rings. The van der Waals surface area contributed by atoms with Crippen molar-refractivity contribution in [2.75, 3.05) is 5.32 Å². The van der Waals surface area contributed by atoms with Gasteiger partial charge in [-0.15, -0.1) is 0 Å². The molecule has 0 radical (unpaired) electrons. The molecule has 23 heavy (non-hydrogen) atoms. The molecule has 3 N–H and O–H groups in total. The standard InChI is InChI=1S/C19H23N3O/c1-2-9-16-17(14-10-5-3-6-11-14)21-19(22-18(16)23)20-15-12-7-4-8-13-15/h3-8,10-13,16-17,19-21H,2,9H2,1H3,(H,22,23). The lowest BCUT2D eigenvalue weighted by Gasteiger charge is -2.38. The summed E-state index contributed by atoms with van der Waals surface area (Å²) in [6.07, 6.45) is 1.58. The van der Waals surface area contributed by atoms with Crippen LogP contribution in [-0.2, 0) is 4.79 Å². The minimum Gasteiger partial charge on any atom is -0.353 e. The predicted octanol–water partition coefficient (Wildman–Crippen LogP) is 3.26. The number of anilines is 1. The first-order valence-electron chi connectivity index (χ1n) is 8.21. The van der Waals surface area contributed by atoms with Crippen molar-refractivity contribution in [1.29, 1.82) is 0 Å². The zero-order valence-electron chi connectivity index (χ0n) is 13.3. The van der Waals surface area contributed by atoms with Gasteiger partial charge in [-0.3, -0.25) is 10.1 Å². The Kier molecular flexibility index (Phi) is 4.93. The van der Waals surface area contributed by atoms with Crippen molar-refractivity contribution in [2.24, 2.45) is 5.92 Å². The topological polar surface area (TPSA) is 53.2 Å². The van der Waals surface area contributed by atoms with Gasteiger partial charge in [0, 0.05) is 11.7 Å². The Morgan fingerprint density at radius 2 is 1.65 bits per heavy atom. The van der Waals surface area contributed by atoms with Gasteiger partial charge in [0.1, 0.15) is 0 Å². The van der Waals surface area contributed by atoms with Crippen LogP contribution in [0, 0.1) is 5.92 Å². The molecule has 0 bridgehead atoms. The molecule has 0 aromatic heterocycles. The van der Waals surface area contributed by atoms with Crippen LogP contribution in [0.4, 0.5) is 5.69 Å². The molecular formula is C19H23N3O. The fourth-order valence-electron chi connectivity index (χ4n) is 3.11. The van der Waals surface area contributed by atoms with Gasteiger partial charge in [-0.1, -0.05) is 61.9 Å². The summed E-state index contributed by atoms with van der Waals surface area (Å²) in [4.78, 5) is 12.6. The molecule has 3 rings (SSSR count). The molecule has 1 aliphatic heterocycles. The van der Waals surface area contributed by atoms with Crippen molar-refractivity contribution in [3.8, 4) is 0 Å². The lowest BCUT2D eigenvalue weighted by molar-refractivity contribution is -0.129. The van der Waals surface area contributed by atoms with E-state index in [0.717, 1.165) is 24.1 Å². The molecule has 4 heteroatoms. The van der Waals surface area contributed by atoms with Gasteiger partial charge in [-0.25, -0.2) is 0 Å². The van der Waals surface area contributed by atoms with Crippen LogP contribution in [0.5, 0.6) is 0 Å². The number of carbonyl (C=O) groups excluding carboxylic acids is 1. The SMILES string of the molecule is CCCC1C(=O)NC(Nc2ccccc2)NC1c1ccccc1. The fourth-order valence-corrected chi connectivity index (χ4v) is 3.11. The monoisotopic (exact) mass is 309 g/mol. The van der Waals surface area contributed by atoms with Crippen LogP contribution in [0.25, 0.3) is 0 Å². The highest BCUT2D eigenvalue weighted by molar-refractivity contribution is 5.81. The third-order valence-corrected chi connectivity index (χ3v) is 4.22. The molecule has 3 unspecified atom stereocenters. The first-order valence-corrected chi connectivity index (χ1v) is 8.21. The summed E-state index contributed by atoms with van der Waals surface area (Å²) in [5, 5.41) is 9.91. The van der Waals surface area contributed by atoms with E-state index < -0.39 is 0 Å². The van der Waals surface area contributed by atoms with E-state index in [1.807, 2.05) is 48.5 Å². The number of para-hydroxylation sites is 1. The highest BCUT2D eigenvalue weighted by Gasteiger charge is 2.36. The van der Waals surface area contributed by atoms with E-state index in [9.17, 15) is 4.79 Å². The number of amides is 1. The van der Waals surface area contributed by atoms with E-state index in [1.165, 1.54) is 0 Å². The second kappa shape index (κ2) is 7.29. The van der Waals surface area contributed by atoms with Crippen LogP contribution >= 0.6 is 0 Å². The van der Waals surface area contributed by atoms with Crippen molar-refractivity contribution >= 4 is 11.6 Å².